The molecule has 0 atom stereocenters. The van der Waals surface area contributed by atoms with E-state index in [0.717, 1.165) is 0 Å². The van der Waals surface area contributed by atoms with Gasteiger partial charge in [0.1, 0.15) is 0 Å². The molecule has 0 spiro atoms. The largest absolute Gasteiger partial charge is 1.00 e. The molecule has 0 saturated heterocycles. The van der Waals surface area contributed by atoms with Gasteiger partial charge in [-0.25, -0.2) is 0 Å². The molecule has 0 aliphatic heterocycles. The Bertz CT molecular complexity index is 386. The van der Waals surface area contributed by atoms with Crippen LogP contribution in [0.15, 0.2) is 0 Å². The van der Waals surface area contributed by atoms with Crippen molar-refractivity contribution in [2.75, 3.05) is 35.6 Å². The van der Waals surface area contributed by atoms with E-state index in [1.54, 1.807) is 0 Å². The molecule has 1 heterocycles. The second-order valence-electron chi connectivity index (χ2n) is 3.21. The molecule has 3 N–H and O–H groups in total. The van der Waals surface area contributed by atoms with Gasteiger partial charge < -0.3 is 39.7 Å². The van der Waals surface area contributed by atoms with Gasteiger partial charge in [0, 0.05) is 18.9 Å². The number of aromatic nitrogens is 3. The van der Waals surface area contributed by atoms with Crippen molar-refractivity contribution in [2.45, 2.75) is 6.42 Å². The van der Waals surface area contributed by atoms with E-state index in [0.29, 0.717) is 25.0 Å². The number of anilines is 3. The molecule has 11 heteroatoms. The van der Waals surface area contributed by atoms with Crippen LogP contribution in [-0.2, 0) is 4.79 Å². The zero-order valence-corrected chi connectivity index (χ0v) is 22.3. The third-order valence-corrected chi connectivity index (χ3v) is 1.81. The van der Waals surface area contributed by atoms with Gasteiger partial charge in [0.15, 0.2) is 0 Å². The summed E-state index contributed by atoms with van der Waals surface area (Å²) in [6.45, 7) is 8.27. The maximum Gasteiger partial charge on any atom is 1.00 e. The van der Waals surface area contributed by atoms with Crippen molar-refractivity contribution < 1.29 is 164 Å². The molecule has 0 aliphatic rings. The molecule has 8 nitrogen and oxygen atoms in total. The van der Waals surface area contributed by atoms with Gasteiger partial charge in [-0.15, -0.1) is 13.1 Å². The van der Waals surface area contributed by atoms with Crippen LogP contribution in [0.3, 0.4) is 0 Å². The monoisotopic (exact) mass is 368 g/mol. The molecule has 1 aromatic rings. The van der Waals surface area contributed by atoms with Crippen molar-refractivity contribution in [3.8, 4) is 0 Å². The summed E-state index contributed by atoms with van der Waals surface area (Å²) in [5, 5.41) is 18.7. The zero-order chi connectivity index (χ0) is 13.4. The van der Waals surface area contributed by atoms with Crippen LogP contribution in [0.1, 0.15) is 6.42 Å². The summed E-state index contributed by atoms with van der Waals surface area (Å²) in [6.07, 6.45) is -0.123. The maximum atomic E-state index is 10.3. The maximum absolute atomic E-state index is 10.3. The molecular formula is C10H15K3N6O2. The minimum atomic E-state index is -1.14. The predicted octanol–water partition coefficient (Wildman–Crippen LogP) is -10.1. The minimum absolute atomic E-state index is 0. The van der Waals surface area contributed by atoms with Crippen LogP contribution >= 0.6 is 0 Å². The van der Waals surface area contributed by atoms with Crippen LogP contribution in [0.4, 0.5) is 17.8 Å². The summed E-state index contributed by atoms with van der Waals surface area (Å²) in [4.78, 5) is 22.4. The number of carboxylic acid groups (broad SMARTS) is 1. The molecule has 0 radical (unpaired) electrons. The van der Waals surface area contributed by atoms with Gasteiger partial charge in [-0.3, -0.25) is 0 Å². The molecule has 0 bridgehead atoms. The van der Waals surface area contributed by atoms with Gasteiger partial charge in [0.2, 0.25) is 17.8 Å². The summed E-state index contributed by atoms with van der Waals surface area (Å²) in [7, 11) is 0. The van der Waals surface area contributed by atoms with Crippen LogP contribution in [0.2, 0.25) is 0 Å². The fraction of sp³-hybridized carbons (Fsp3) is 0.400. The predicted molar refractivity (Wildman–Crippen MR) is 65.6 cm³/mol. The first-order valence-electron chi connectivity index (χ1n) is 5.41. The third kappa shape index (κ3) is 13.7. The van der Waals surface area contributed by atoms with E-state index in [1.807, 2.05) is 0 Å². The third-order valence-electron chi connectivity index (χ3n) is 1.81. The van der Waals surface area contributed by atoms with Gasteiger partial charge >= 0.3 is 154 Å². The molecule has 0 aromatic carbocycles. The van der Waals surface area contributed by atoms with Crippen molar-refractivity contribution in [2.24, 2.45) is 0 Å². The number of hydrogen-bond donors (Lipinski definition) is 3. The van der Waals surface area contributed by atoms with Gasteiger partial charge in [-0.1, -0.05) is 0 Å². The van der Waals surface area contributed by atoms with Crippen LogP contribution in [0, 0.1) is 13.8 Å². The first-order valence-corrected chi connectivity index (χ1v) is 5.41. The molecule has 0 saturated carbocycles. The topological polar surface area (TPSA) is 115 Å². The summed E-state index contributed by atoms with van der Waals surface area (Å²) in [6, 6.07) is 0. The van der Waals surface area contributed by atoms with Crippen LogP contribution in [0.25, 0.3) is 0 Å². The molecule has 21 heavy (non-hydrogen) atoms. The molecule has 0 unspecified atom stereocenters. The molecule has 0 amide bonds. The van der Waals surface area contributed by atoms with E-state index in [-0.39, 0.29) is 173 Å². The summed E-state index contributed by atoms with van der Waals surface area (Å²) in [5.41, 5.74) is 0. The normalized spacial score (nSPS) is 8.48. The van der Waals surface area contributed by atoms with Gasteiger partial charge in [0.05, 0.1) is 0 Å². The quantitative estimate of drug-likeness (QED) is 0.306. The second-order valence-corrected chi connectivity index (χ2v) is 3.21. The molecule has 1 aromatic heterocycles. The zero-order valence-electron chi connectivity index (χ0n) is 12.9. The summed E-state index contributed by atoms with van der Waals surface area (Å²) in [5.74, 6) is -0.152. The standard InChI is InChI=1S/C10H16N6O2.3K/c1-3-11-8-14-9(12-4-2)16-10(15-8)13-6-5-7(17)18;;;/h1-6H2,(H,17,18)(H3,11,12,13,14,15,16);;;/q-2;3*+1/p-1. The molecular weight excluding hydrogens is 353 g/mol. The average molecular weight is 369 g/mol. The van der Waals surface area contributed by atoms with Crippen molar-refractivity contribution in [3.05, 3.63) is 13.8 Å². The fourth-order valence-corrected chi connectivity index (χ4v) is 1.11. The Balaban J connectivity index is -0.00000108. The van der Waals surface area contributed by atoms with Crippen LogP contribution < -0.4 is 175 Å². The number of rotatable bonds is 8. The Labute approximate surface area is 252 Å². The number of carboxylic acids is 1. The van der Waals surface area contributed by atoms with Gasteiger partial charge in [-0.2, -0.15) is 15.0 Å². The fourth-order valence-electron chi connectivity index (χ4n) is 1.11. The molecule has 1 rings (SSSR count). The van der Waals surface area contributed by atoms with E-state index >= 15 is 0 Å². The Morgan fingerprint density at radius 3 is 1.62 bits per heavy atom. The van der Waals surface area contributed by atoms with Crippen molar-refractivity contribution in [3.63, 3.8) is 0 Å². The summed E-state index contributed by atoms with van der Waals surface area (Å²) < 4.78 is 0. The Kier molecular flexibility index (Phi) is 24.0. The van der Waals surface area contributed by atoms with E-state index in [9.17, 15) is 9.90 Å². The first-order chi connectivity index (χ1) is 8.65. The SMILES string of the molecule is [CH2-]CNc1nc(NC[CH2-])nc(NCCC(=O)[O-])n1.[K+].[K+].[K+]. The number of carbonyl (C=O) groups is 1. The van der Waals surface area contributed by atoms with Crippen molar-refractivity contribution >= 4 is 23.8 Å². The van der Waals surface area contributed by atoms with E-state index in [1.165, 1.54) is 0 Å². The molecule has 0 fully saturated rings. The van der Waals surface area contributed by atoms with E-state index in [2.05, 4.69) is 44.7 Å². The Morgan fingerprint density at radius 1 is 0.905 bits per heavy atom. The second kappa shape index (κ2) is 17.6. The number of carbonyl (C=O) groups excluding carboxylic acids is 1. The number of nitrogens with zero attached hydrogens (tertiary/aromatic N) is 3. The molecule has 100 valence electrons. The first kappa shape index (κ1) is 28.6. The molecule has 0 aliphatic carbocycles. The summed E-state index contributed by atoms with van der Waals surface area (Å²) >= 11 is 0. The van der Waals surface area contributed by atoms with E-state index in [4.69, 9.17) is 0 Å². The number of aliphatic carboxylic acids is 1. The van der Waals surface area contributed by atoms with E-state index < -0.39 is 5.97 Å². The average Bonchev–Trinajstić information content (AvgIpc) is 2.29. The minimum Gasteiger partial charge on any atom is -0.550 e. The Hall–Kier alpha value is 2.79. The Morgan fingerprint density at radius 2 is 1.29 bits per heavy atom. The number of nitrogens with one attached hydrogen (secondary N) is 3. The van der Waals surface area contributed by atoms with Crippen molar-refractivity contribution in [1.29, 1.82) is 0 Å². The van der Waals surface area contributed by atoms with Crippen LogP contribution in [-0.4, -0.2) is 40.6 Å². The van der Waals surface area contributed by atoms with Gasteiger partial charge in [-0.05, 0) is 0 Å². The van der Waals surface area contributed by atoms with Gasteiger partial charge in [0.25, 0.3) is 0 Å². The number of hydrogen-bond acceptors (Lipinski definition) is 8. The van der Waals surface area contributed by atoms with Crippen molar-refractivity contribution in [1.82, 2.24) is 15.0 Å². The smallest absolute Gasteiger partial charge is 0.550 e. The van der Waals surface area contributed by atoms with Crippen LogP contribution in [0.5, 0.6) is 0 Å².